The molecule has 0 fully saturated rings. The van der Waals surface area contributed by atoms with Gasteiger partial charge in [-0.3, -0.25) is 9.78 Å². The third kappa shape index (κ3) is 2.30. The van der Waals surface area contributed by atoms with Crippen molar-refractivity contribution < 1.29 is 4.39 Å². The zero-order chi connectivity index (χ0) is 13.2. The molecule has 0 aliphatic rings. The van der Waals surface area contributed by atoms with Crippen LogP contribution in [0.5, 0.6) is 0 Å². The Morgan fingerprint density at radius 3 is 2.89 bits per heavy atom. The number of aromatic nitrogens is 2. The van der Waals surface area contributed by atoms with E-state index < -0.39 is 11.4 Å². The second-order valence-electron chi connectivity index (χ2n) is 4.08. The third-order valence-corrected chi connectivity index (χ3v) is 2.74. The fourth-order valence-corrected chi connectivity index (χ4v) is 1.84. The van der Waals surface area contributed by atoms with Crippen LogP contribution in [0.25, 0.3) is 10.9 Å². The second-order valence-corrected chi connectivity index (χ2v) is 4.08. The first-order chi connectivity index (χ1) is 9.22. The number of nitrogens with zero attached hydrogens (tertiary/aromatic N) is 1. The van der Waals surface area contributed by atoms with E-state index in [0.717, 1.165) is 22.7 Å². The van der Waals surface area contributed by atoms with Crippen molar-refractivity contribution in [1.82, 2.24) is 9.97 Å². The summed E-state index contributed by atoms with van der Waals surface area (Å²) in [4.78, 5) is 17.8. The summed E-state index contributed by atoms with van der Waals surface area (Å²) in [5.74, 6) is -0.358. The van der Waals surface area contributed by atoms with Crippen molar-refractivity contribution in [2.24, 2.45) is 0 Å². The first kappa shape index (κ1) is 11.4. The van der Waals surface area contributed by atoms with Crippen molar-refractivity contribution in [3.8, 4) is 0 Å². The summed E-state index contributed by atoms with van der Waals surface area (Å²) in [7, 11) is 0. The molecule has 0 saturated carbocycles. The Balaban J connectivity index is 1.96. The van der Waals surface area contributed by atoms with E-state index in [1.165, 1.54) is 6.07 Å². The molecule has 2 heterocycles. The molecule has 0 aliphatic heterocycles. The lowest BCUT2D eigenvalue weighted by molar-refractivity contribution is 0.609. The van der Waals surface area contributed by atoms with E-state index in [9.17, 15) is 9.18 Å². The van der Waals surface area contributed by atoms with E-state index in [1.54, 1.807) is 6.20 Å². The molecule has 19 heavy (non-hydrogen) atoms. The van der Waals surface area contributed by atoms with E-state index in [2.05, 4.69) is 15.3 Å². The third-order valence-electron chi connectivity index (χ3n) is 2.74. The molecule has 3 aromatic rings. The Morgan fingerprint density at radius 1 is 1.16 bits per heavy atom. The number of hydrogen-bond donors (Lipinski definition) is 2. The van der Waals surface area contributed by atoms with E-state index in [4.69, 9.17) is 0 Å². The maximum atomic E-state index is 12.9. The summed E-state index contributed by atoms with van der Waals surface area (Å²) in [6.07, 6.45) is 1.73. The van der Waals surface area contributed by atoms with Gasteiger partial charge in [0.1, 0.15) is 5.82 Å². The van der Waals surface area contributed by atoms with Gasteiger partial charge in [0.05, 0.1) is 5.52 Å². The van der Waals surface area contributed by atoms with Gasteiger partial charge in [-0.05, 0) is 36.4 Å². The van der Waals surface area contributed by atoms with Gasteiger partial charge in [-0.2, -0.15) is 0 Å². The van der Waals surface area contributed by atoms with Crippen molar-refractivity contribution in [3.63, 3.8) is 0 Å². The maximum Gasteiger partial charge on any atom is 0.285 e. The maximum absolute atomic E-state index is 12.9. The van der Waals surface area contributed by atoms with Crippen molar-refractivity contribution in [2.75, 3.05) is 5.32 Å². The molecule has 0 aliphatic carbocycles. The minimum absolute atomic E-state index is 0.439. The minimum Gasteiger partial charge on any atom is -0.342 e. The van der Waals surface area contributed by atoms with Gasteiger partial charge < -0.3 is 10.3 Å². The fraction of sp³-hybridized carbons (Fsp3) is 0. The van der Waals surface area contributed by atoms with Gasteiger partial charge in [-0.15, -0.1) is 0 Å². The standard InChI is InChI=1S/C14H10FN3O/c15-11-4-6-13(18-14(11)19)17-10-3-5-12-9(8-10)2-1-7-16-12/h1-8H,(H2,17,18,19). The predicted molar refractivity (Wildman–Crippen MR) is 72.0 cm³/mol. The van der Waals surface area contributed by atoms with E-state index in [-0.39, 0.29) is 0 Å². The number of anilines is 2. The van der Waals surface area contributed by atoms with Crippen LogP contribution in [0, 0.1) is 5.82 Å². The highest BCUT2D eigenvalue weighted by Gasteiger charge is 2.01. The lowest BCUT2D eigenvalue weighted by atomic mass is 10.2. The van der Waals surface area contributed by atoms with Gasteiger partial charge in [0.25, 0.3) is 5.56 Å². The smallest absolute Gasteiger partial charge is 0.285 e. The number of aromatic amines is 1. The van der Waals surface area contributed by atoms with Gasteiger partial charge in [-0.25, -0.2) is 4.39 Å². The molecule has 0 radical (unpaired) electrons. The molecule has 1 aromatic carbocycles. The lowest BCUT2D eigenvalue weighted by Crippen LogP contribution is -2.11. The predicted octanol–water partition coefficient (Wildman–Crippen LogP) is 2.81. The summed E-state index contributed by atoms with van der Waals surface area (Å²) in [6, 6.07) is 12.0. The lowest BCUT2D eigenvalue weighted by Gasteiger charge is -2.07. The molecule has 2 aromatic heterocycles. The largest absolute Gasteiger partial charge is 0.342 e. The summed E-state index contributed by atoms with van der Waals surface area (Å²) >= 11 is 0. The van der Waals surface area contributed by atoms with Gasteiger partial charge in [-0.1, -0.05) is 6.07 Å². The first-order valence-electron chi connectivity index (χ1n) is 5.73. The summed E-state index contributed by atoms with van der Waals surface area (Å²) in [5, 5.41) is 4.00. The van der Waals surface area contributed by atoms with Crippen LogP contribution in [0.1, 0.15) is 0 Å². The number of fused-ring (bicyclic) bond motifs is 1. The van der Waals surface area contributed by atoms with Crippen molar-refractivity contribution >= 4 is 22.4 Å². The average molecular weight is 255 g/mol. The van der Waals surface area contributed by atoms with Crippen LogP contribution in [0.2, 0.25) is 0 Å². The summed E-state index contributed by atoms with van der Waals surface area (Å²) < 4.78 is 12.9. The van der Waals surface area contributed by atoms with Gasteiger partial charge >= 0.3 is 0 Å². The number of rotatable bonds is 2. The number of H-pyrrole nitrogens is 1. The zero-order valence-corrected chi connectivity index (χ0v) is 9.85. The molecular formula is C14H10FN3O. The molecule has 3 rings (SSSR count). The summed E-state index contributed by atoms with van der Waals surface area (Å²) in [5.41, 5.74) is 0.941. The summed E-state index contributed by atoms with van der Waals surface area (Å²) in [6.45, 7) is 0. The molecule has 0 spiro atoms. The van der Waals surface area contributed by atoms with Crippen molar-refractivity contribution in [1.29, 1.82) is 0 Å². The number of hydrogen-bond acceptors (Lipinski definition) is 3. The molecule has 0 amide bonds. The Hall–Kier alpha value is -2.69. The van der Waals surface area contributed by atoms with E-state index in [1.807, 2.05) is 30.3 Å². The topological polar surface area (TPSA) is 57.8 Å². The minimum atomic E-state index is -0.798. The fourth-order valence-electron chi connectivity index (χ4n) is 1.84. The molecule has 94 valence electrons. The zero-order valence-electron chi connectivity index (χ0n) is 9.85. The van der Waals surface area contributed by atoms with Crippen LogP contribution in [-0.2, 0) is 0 Å². The normalized spacial score (nSPS) is 10.6. The quantitative estimate of drug-likeness (QED) is 0.740. The molecule has 0 bridgehead atoms. The number of halogens is 1. The van der Waals surface area contributed by atoms with Gasteiger partial charge in [0, 0.05) is 17.3 Å². The Morgan fingerprint density at radius 2 is 2.05 bits per heavy atom. The molecule has 2 N–H and O–H groups in total. The van der Waals surface area contributed by atoms with Crippen LogP contribution >= 0.6 is 0 Å². The number of nitrogens with one attached hydrogen (secondary N) is 2. The molecule has 4 nitrogen and oxygen atoms in total. The monoisotopic (exact) mass is 255 g/mol. The van der Waals surface area contributed by atoms with E-state index >= 15 is 0 Å². The Labute approximate surface area is 107 Å². The van der Waals surface area contributed by atoms with Gasteiger partial charge in [0.15, 0.2) is 5.82 Å². The highest BCUT2D eigenvalue weighted by molar-refractivity contribution is 5.82. The highest BCUT2D eigenvalue weighted by Crippen LogP contribution is 2.19. The van der Waals surface area contributed by atoms with Gasteiger partial charge in [0.2, 0.25) is 0 Å². The van der Waals surface area contributed by atoms with E-state index in [0.29, 0.717) is 5.82 Å². The van der Waals surface area contributed by atoms with Crippen LogP contribution in [0.15, 0.2) is 53.5 Å². The molecule has 5 heteroatoms. The van der Waals surface area contributed by atoms with Crippen molar-refractivity contribution in [3.05, 3.63) is 64.8 Å². The van der Waals surface area contributed by atoms with Crippen LogP contribution in [0.4, 0.5) is 15.9 Å². The average Bonchev–Trinajstić information content (AvgIpc) is 2.43. The SMILES string of the molecule is O=c1[nH]c(Nc2ccc3ncccc3c2)ccc1F. The van der Waals surface area contributed by atoms with Crippen molar-refractivity contribution in [2.45, 2.75) is 0 Å². The number of benzene rings is 1. The first-order valence-corrected chi connectivity index (χ1v) is 5.73. The highest BCUT2D eigenvalue weighted by atomic mass is 19.1. The Kier molecular flexibility index (Phi) is 2.72. The molecule has 0 saturated heterocycles. The second kappa shape index (κ2) is 4.53. The Bertz CT molecular complexity index is 798. The molecule has 0 unspecified atom stereocenters. The molecule has 0 atom stereocenters. The number of pyridine rings is 2. The van der Waals surface area contributed by atoms with Crippen LogP contribution < -0.4 is 10.9 Å². The van der Waals surface area contributed by atoms with Crippen LogP contribution in [-0.4, -0.2) is 9.97 Å². The molecular weight excluding hydrogens is 245 g/mol. The van der Waals surface area contributed by atoms with Crippen LogP contribution in [0.3, 0.4) is 0 Å².